The van der Waals surface area contributed by atoms with Crippen LogP contribution in [0.4, 0.5) is 4.39 Å². The van der Waals surface area contributed by atoms with Crippen molar-refractivity contribution in [3.8, 4) is 0 Å². The van der Waals surface area contributed by atoms with Crippen molar-refractivity contribution in [1.82, 2.24) is 4.90 Å². The maximum Gasteiger partial charge on any atom is 0.309 e. The Labute approximate surface area is 127 Å². The number of carboxylic acids is 1. The molecule has 1 saturated heterocycles. The molecule has 21 heavy (non-hydrogen) atoms. The van der Waals surface area contributed by atoms with Crippen LogP contribution in [-0.4, -0.2) is 27.4 Å². The average Bonchev–Trinajstić information content (AvgIpc) is 2.70. The number of aliphatic carboxylic acids is 1. The van der Waals surface area contributed by atoms with Gasteiger partial charge in [-0.15, -0.1) is 0 Å². The van der Waals surface area contributed by atoms with Crippen LogP contribution in [0.25, 0.3) is 0 Å². The summed E-state index contributed by atoms with van der Waals surface area (Å²) in [5.41, 5.74) is -0.104. The van der Waals surface area contributed by atoms with Crippen LogP contribution in [0.5, 0.6) is 0 Å². The van der Waals surface area contributed by atoms with Crippen molar-refractivity contribution >= 4 is 23.5 Å². The van der Waals surface area contributed by atoms with Crippen molar-refractivity contribution < 1.29 is 19.1 Å². The van der Waals surface area contributed by atoms with E-state index in [2.05, 4.69) is 0 Å². The fourth-order valence-electron chi connectivity index (χ4n) is 2.82. The molecule has 1 amide bonds. The lowest BCUT2D eigenvalue weighted by molar-refractivity contribution is -0.142. The van der Waals surface area contributed by atoms with E-state index in [0.29, 0.717) is 5.56 Å². The van der Waals surface area contributed by atoms with Gasteiger partial charge in [0.05, 0.1) is 17.0 Å². The highest BCUT2D eigenvalue weighted by atomic mass is 35.5. The molecule has 4 nitrogen and oxygen atoms in total. The minimum absolute atomic E-state index is 0.0303. The molecule has 1 aromatic rings. The number of hydrogen-bond acceptors (Lipinski definition) is 2. The fourth-order valence-corrected chi connectivity index (χ4v) is 2.94. The highest BCUT2D eigenvalue weighted by molar-refractivity contribution is 6.30. The Morgan fingerprint density at radius 3 is 2.52 bits per heavy atom. The number of nitrogens with zero attached hydrogens (tertiary/aromatic N) is 1. The van der Waals surface area contributed by atoms with Crippen LogP contribution >= 0.6 is 11.6 Å². The summed E-state index contributed by atoms with van der Waals surface area (Å²) in [6.07, 6.45) is -0.0818. The smallest absolute Gasteiger partial charge is 0.309 e. The first-order chi connectivity index (χ1) is 9.62. The van der Waals surface area contributed by atoms with Gasteiger partial charge in [-0.25, -0.2) is 4.39 Å². The second kappa shape index (κ2) is 5.30. The summed E-state index contributed by atoms with van der Waals surface area (Å²) in [7, 11) is 0. The van der Waals surface area contributed by atoms with Gasteiger partial charge in [0, 0.05) is 12.0 Å². The molecule has 0 radical (unpaired) electrons. The molecule has 114 valence electrons. The molecule has 6 heteroatoms. The second-order valence-corrected chi connectivity index (χ2v) is 6.61. The highest BCUT2D eigenvalue weighted by Crippen LogP contribution is 2.43. The molecule has 1 fully saturated rings. The van der Waals surface area contributed by atoms with Crippen molar-refractivity contribution in [2.24, 2.45) is 5.92 Å². The maximum absolute atomic E-state index is 13.7. The zero-order valence-corrected chi connectivity index (χ0v) is 12.8. The minimum atomic E-state index is -1.06. The standard InChI is InChI=1S/C15H17ClFNO3/c1-15(2,3)18-12(19)7-9(14(20)21)13(18)8-4-5-10(16)11(17)6-8/h4-6,9,13H,7H2,1-3H3,(H,20,21)/t9-,13+/m1/s1. The van der Waals surface area contributed by atoms with Crippen LogP contribution < -0.4 is 0 Å². The molecule has 0 spiro atoms. The number of halogens is 2. The predicted octanol–water partition coefficient (Wildman–Crippen LogP) is 3.25. The highest BCUT2D eigenvalue weighted by Gasteiger charge is 2.48. The first-order valence-electron chi connectivity index (χ1n) is 6.63. The van der Waals surface area contributed by atoms with Gasteiger partial charge in [0.15, 0.2) is 0 Å². The summed E-state index contributed by atoms with van der Waals surface area (Å²) >= 11 is 5.67. The average molecular weight is 314 g/mol. The molecule has 1 aliphatic rings. The van der Waals surface area contributed by atoms with Crippen molar-refractivity contribution in [3.05, 3.63) is 34.6 Å². The quantitative estimate of drug-likeness (QED) is 0.911. The van der Waals surface area contributed by atoms with Gasteiger partial charge in [0.25, 0.3) is 0 Å². The molecule has 1 heterocycles. The van der Waals surface area contributed by atoms with E-state index in [4.69, 9.17) is 11.6 Å². The van der Waals surface area contributed by atoms with Gasteiger partial charge in [-0.05, 0) is 38.5 Å². The molecule has 0 saturated carbocycles. The van der Waals surface area contributed by atoms with E-state index in [0.717, 1.165) is 0 Å². The monoisotopic (exact) mass is 313 g/mol. The number of hydrogen-bond donors (Lipinski definition) is 1. The van der Waals surface area contributed by atoms with Gasteiger partial charge in [-0.3, -0.25) is 9.59 Å². The molecule has 2 rings (SSSR count). The first kappa shape index (κ1) is 15.8. The van der Waals surface area contributed by atoms with Crippen LogP contribution in [0.1, 0.15) is 38.8 Å². The number of carboxylic acid groups (broad SMARTS) is 1. The van der Waals surface area contributed by atoms with Crippen LogP contribution in [0.15, 0.2) is 18.2 Å². The molecule has 2 atom stereocenters. The van der Waals surface area contributed by atoms with Crippen LogP contribution in [0.2, 0.25) is 5.02 Å². The molecule has 1 aromatic carbocycles. The number of likely N-dealkylation sites (tertiary alicyclic amines) is 1. The topological polar surface area (TPSA) is 57.6 Å². The molecular formula is C15H17ClFNO3. The van der Waals surface area contributed by atoms with E-state index < -0.39 is 29.3 Å². The largest absolute Gasteiger partial charge is 0.481 e. The molecule has 1 aliphatic heterocycles. The van der Waals surface area contributed by atoms with Gasteiger partial charge >= 0.3 is 5.97 Å². The number of carbonyl (C=O) groups is 2. The Bertz CT molecular complexity index is 597. The zero-order valence-electron chi connectivity index (χ0n) is 12.1. The summed E-state index contributed by atoms with van der Waals surface area (Å²) in [6.45, 7) is 5.48. The Hall–Kier alpha value is -1.62. The minimum Gasteiger partial charge on any atom is -0.481 e. The Morgan fingerprint density at radius 2 is 2.05 bits per heavy atom. The van der Waals surface area contributed by atoms with Crippen molar-refractivity contribution in [1.29, 1.82) is 0 Å². The first-order valence-corrected chi connectivity index (χ1v) is 7.00. The third-order valence-electron chi connectivity index (χ3n) is 3.65. The normalized spacial score (nSPS) is 22.7. The van der Waals surface area contributed by atoms with E-state index in [9.17, 15) is 19.1 Å². The lowest BCUT2D eigenvalue weighted by Gasteiger charge is -2.38. The summed E-state index contributed by atoms with van der Waals surface area (Å²) in [4.78, 5) is 25.2. The second-order valence-electron chi connectivity index (χ2n) is 6.20. The van der Waals surface area contributed by atoms with Crippen molar-refractivity contribution in [2.75, 3.05) is 0 Å². The Kier molecular flexibility index (Phi) is 3.97. The van der Waals surface area contributed by atoms with Crippen LogP contribution in [-0.2, 0) is 9.59 Å². The number of carbonyl (C=O) groups excluding carboxylic acids is 1. The lowest BCUT2D eigenvalue weighted by Crippen LogP contribution is -2.44. The summed E-state index contributed by atoms with van der Waals surface area (Å²) < 4.78 is 13.7. The lowest BCUT2D eigenvalue weighted by atomic mass is 9.91. The molecule has 0 unspecified atom stereocenters. The Morgan fingerprint density at radius 1 is 1.43 bits per heavy atom. The summed E-state index contributed by atoms with van der Waals surface area (Å²) in [5.74, 6) is -2.81. The fraction of sp³-hybridized carbons (Fsp3) is 0.467. The van der Waals surface area contributed by atoms with Crippen LogP contribution in [0, 0.1) is 11.7 Å². The van der Waals surface area contributed by atoms with Gasteiger partial charge in [-0.1, -0.05) is 17.7 Å². The number of rotatable bonds is 2. The Balaban J connectivity index is 2.54. The number of amides is 1. The molecule has 0 aromatic heterocycles. The van der Waals surface area contributed by atoms with Gasteiger partial charge < -0.3 is 10.0 Å². The van der Waals surface area contributed by atoms with E-state index in [1.165, 1.54) is 17.0 Å². The van der Waals surface area contributed by atoms with Gasteiger partial charge in [-0.2, -0.15) is 0 Å². The van der Waals surface area contributed by atoms with E-state index >= 15 is 0 Å². The third-order valence-corrected chi connectivity index (χ3v) is 3.95. The van der Waals surface area contributed by atoms with Gasteiger partial charge in [0.2, 0.25) is 5.91 Å². The van der Waals surface area contributed by atoms with Crippen molar-refractivity contribution in [2.45, 2.75) is 38.8 Å². The van der Waals surface area contributed by atoms with Crippen LogP contribution in [0.3, 0.4) is 0 Å². The third kappa shape index (κ3) is 2.88. The van der Waals surface area contributed by atoms with Gasteiger partial charge in [0.1, 0.15) is 5.82 Å². The zero-order chi connectivity index (χ0) is 15.9. The van der Waals surface area contributed by atoms with E-state index in [1.807, 2.05) is 20.8 Å². The summed E-state index contributed by atoms with van der Waals surface area (Å²) in [6, 6.07) is 3.47. The summed E-state index contributed by atoms with van der Waals surface area (Å²) in [5, 5.41) is 9.34. The SMILES string of the molecule is CC(C)(C)N1C(=O)C[C@@H](C(=O)O)[C@@H]1c1ccc(Cl)c(F)c1. The predicted molar refractivity (Wildman–Crippen MR) is 76.5 cm³/mol. The molecule has 0 bridgehead atoms. The van der Waals surface area contributed by atoms with E-state index in [1.54, 1.807) is 6.07 Å². The van der Waals surface area contributed by atoms with E-state index in [-0.39, 0.29) is 17.4 Å². The van der Waals surface area contributed by atoms with Crippen molar-refractivity contribution in [3.63, 3.8) is 0 Å². The maximum atomic E-state index is 13.7. The molecule has 1 N–H and O–H groups in total. The molecule has 0 aliphatic carbocycles. The molecular weight excluding hydrogens is 297 g/mol. The number of benzene rings is 1.